The Morgan fingerprint density at radius 1 is 1.12 bits per heavy atom. The predicted molar refractivity (Wildman–Crippen MR) is 129 cm³/mol. The van der Waals surface area contributed by atoms with Crippen molar-refractivity contribution in [1.29, 1.82) is 5.26 Å². The Morgan fingerprint density at radius 3 is 2.59 bits per heavy atom. The molecule has 8 heteroatoms. The number of amides is 1. The molecule has 0 unspecified atom stereocenters. The quantitative estimate of drug-likeness (QED) is 0.445. The van der Waals surface area contributed by atoms with Crippen LogP contribution in [-0.4, -0.2) is 56.4 Å². The molecule has 1 spiro atoms. The number of carbonyl (C=O) groups excluding carboxylic acids is 1. The van der Waals surface area contributed by atoms with Gasteiger partial charge >= 0.3 is 0 Å². The Bertz CT molecular complexity index is 1580. The molecule has 2 fully saturated rings. The fourth-order valence-corrected chi connectivity index (χ4v) is 5.10. The van der Waals surface area contributed by atoms with Crippen molar-refractivity contribution in [3.8, 4) is 28.3 Å². The molecule has 8 nitrogen and oxygen atoms in total. The zero-order chi connectivity index (χ0) is 25.9. The highest BCUT2D eigenvalue weighted by atomic mass is 16.2. The fraction of sp³-hybridized carbons (Fsp3) is 0.231. The molecule has 3 aromatic heterocycles. The summed E-state index contributed by atoms with van der Waals surface area (Å²) in [5.41, 5.74) is 5.53. The topological polar surface area (TPSA) is 82.5 Å². The van der Waals surface area contributed by atoms with Gasteiger partial charge in [0.2, 0.25) is 5.91 Å². The van der Waals surface area contributed by atoms with Crippen LogP contribution in [0.2, 0.25) is 0 Å². The number of pyridine rings is 1. The Labute approximate surface area is 201 Å². The lowest BCUT2D eigenvalue weighted by atomic mass is 9.72. The van der Waals surface area contributed by atoms with E-state index >= 15 is 0 Å². The van der Waals surface area contributed by atoms with Gasteiger partial charge in [0.15, 0.2) is 0 Å². The van der Waals surface area contributed by atoms with Crippen molar-refractivity contribution >= 4 is 17.1 Å². The number of anilines is 1. The molecule has 34 heavy (non-hydrogen) atoms. The van der Waals surface area contributed by atoms with Crippen LogP contribution in [0.25, 0.3) is 27.8 Å². The third-order valence-corrected chi connectivity index (χ3v) is 6.78. The van der Waals surface area contributed by atoms with Gasteiger partial charge < -0.3 is 9.80 Å². The lowest BCUT2D eigenvalue weighted by Crippen LogP contribution is -2.73. The fourth-order valence-electron chi connectivity index (χ4n) is 5.10. The van der Waals surface area contributed by atoms with E-state index in [1.165, 1.54) is 24.7 Å². The van der Waals surface area contributed by atoms with Crippen LogP contribution in [0.3, 0.4) is 0 Å². The van der Waals surface area contributed by atoms with E-state index < -0.39 is 6.98 Å². The molecule has 5 heterocycles. The average Bonchev–Trinajstić information content (AvgIpc) is 3.49. The number of rotatable bonds is 4. The van der Waals surface area contributed by atoms with Crippen LogP contribution in [0.5, 0.6) is 0 Å². The second-order valence-electron chi connectivity index (χ2n) is 9.08. The molecular weight excluding hydrogens is 426 g/mol. The number of likely N-dealkylation sites (tertiary alicyclic amines) is 1. The SMILES string of the molecule is [2H]C([2H])([2H])n1cc(-c2cc(-c3ccc(N4CC5(CN(C(=O)C=C)C5)C4)cc3)c3c(C#N)cnn3c2)cn1. The van der Waals surface area contributed by atoms with Crippen molar-refractivity contribution in [1.82, 2.24) is 24.3 Å². The van der Waals surface area contributed by atoms with E-state index in [0.717, 1.165) is 53.2 Å². The minimum absolute atomic E-state index is 0.00987. The van der Waals surface area contributed by atoms with E-state index in [1.54, 1.807) is 10.7 Å². The third kappa shape index (κ3) is 3.09. The van der Waals surface area contributed by atoms with Gasteiger partial charge in [-0.25, -0.2) is 4.52 Å². The molecule has 1 aromatic carbocycles. The Morgan fingerprint density at radius 2 is 1.91 bits per heavy atom. The average molecular weight is 453 g/mol. The standard InChI is InChI=1S/C26H23N7O/c1-3-24(34)32-16-26(17-32)14-31(15-26)22-6-4-18(5-7-22)23-8-19(21-11-28-30(2)12-21)13-33-25(23)20(9-27)10-29-33/h3-8,10-13H,1,14-17H2,2H3/i2D3. The molecule has 6 rings (SSSR count). The number of fused-ring (bicyclic) bond motifs is 1. The molecule has 0 bridgehead atoms. The largest absolute Gasteiger partial charge is 0.370 e. The molecule has 168 valence electrons. The zero-order valence-electron chi connectivity index (χ0n) is 21.3. The van der Waals surface area contributed by atoms with Crippen molar-refractivity contribution in [2.24, 2.45) is 12.4 Å². The molecule has 0 aliphatic carbocycles. The zero-order valence-corrected chi connectivity index (χ0v) is 18.3. The number of hydrogen-bond donors (Lipinski definition) is 0. The Kier molecular flexibility index (Phi) is 3.69. The Balaban J connectivity index is 1.29. The van der Waals surface area contributed by atoms with Crippen molar-refractivity contribution in [2.75, 3.05) is 31.1 Å². The highest BCUT2D eigenvalue weighted by Gasteiger charge is 2.52. The molecule has 0 atom stereocenters. The first-order valence-corrected chi connectivity index (χ1v) is 10.9. The summed E-state index contributed by atoms with van der Waals surface area (Å²) in [7, 11) is 0. The molecule has 1 amide bonds. The van der Waals surface area contributed by atoms with Crippen LogP contribution >= 0.6 is 0 Å². The van der Waals surface area contributed by atoms with E-state index in [4.69, 9.17) is 4.11 Å². The third-order valence-electron chi connectivity index (χ3n) is 6.78. The molecule has 2 aliphatic rings. The number of nitrogens with zero attached hydrogens (tertiary/aromatic N) is 7. The highest BCUT2D eigenvalue weighted by Crippen LogP contribution is 2.42. The molecule has 2 aliphatic heterocycles. The number of benzene rings is 1. The summed E-state index contributed by atoms with van der Waals surface area (Å²) in [5.74, 6) is -0.00987. The van der Waals surface area contributed by atoms with Crippen LogP contribution in [0.1, 0.15) is 9.68 Å². The number of nitriles is 1. The van der Waals surface area contributed by atoms with Crippen molar-refractivity contribution in [3.63, 3.8) is 0 Å². The molecule has 4 aromatic rings. The normalized spacial score (nSPS) is 17.9. The van der Waals surface area contributed by atoms with Gasteiger partial charge in [0.05, 0.1) is 23.5 Å². The molecule has 2 saturated heterocycles. The Hall–Kier alpha value is -4.38. The second kappa shape index (κ2) is 7.32. The van der Waals surface area contributed by atoms with Gasteiger partial charge in [-0.05, 0) is 29.8 Å². The maximum atomic E-state index is 11.8. The monoisotopic (exact) mass is 452 g/mol. The van der Waals surface area contributed by atoms with Gasteiger partial charge in [-0.3, -0.25) is 9.48 Å². The van der Waals surface area contributed by atoms with Crippen LogP contribution in [0.15, 0.2) is 67.8 Å². The molecular formula is C26H23N7O. The number of aromatic nitrogens is 4. The van der Waals surface area contributed by atoms with E-state index in [1.807, 2.05) is 23.1 Å². The maximum Gasteiger partial charge on any atom is 0.245 e. The van der Waals surface area contributed by atoms with E-state index in [2.05, 4.69) is 39.9 Å². The number of aryl methyl sites for hydroxylation is 1. The van der Waals surface area contributed by atoms with Crippen LogP contribution in [0, 0.1) is 16.7 Å². The summed E-state index contributed by atoms with van der Waals surface area (Å²) in [5, 5.41) is 18.0. The van der Waals surface area contributed by atoms with Gasteiger partial charge in [0.1, 0.15) is 6.07 Å². The van der Waals surface area contributed by atoms with E-state index in [0.29, 0.717) is 16.6 Å². The smallest absolute Gasteiger partial charge is 0.245 e. The second-order valence-corrected chi connectivity index (χ2v) is 9.08. The van der Waals surface area contributed by atoms with Crippen molar-refractivity contribution in [3.05, 3.63) is 73.3 Å². The summed E-state index contributed by atoms with van der Waals surface area (Å²) in [6, 6.07) is 12.3. The molecule has 0 N–H and O–H groups in total. The van der Waals surface area contributed by atoms with Crippen LogP contribution < -0.4 is 4.90 Å². The number of hydrogen-bond acceptors (Lipinski definition) is 5. The maximum absolute atomic E-state index is 11.8. The molecule has 0 radical (unpaired) electrons. The first-order valence-electron chi connectivity index (χ1n) is 12.4. The van der Waals surface area contributed by atoms with Gasteiger partial charge in [0.25, 0.3) is 0 Å². The minimum Gasteiger partial charge on any atom is -0.370 e. The first-order chi connectivity index (χ1) is 17.7. The summed E-state index contributed by atoms with van der Waals surface area (Å²) < 4.78 is 25.4. The number of carbonyl (C=O) groups is 1. The van der Waals surface area contributed by atoms with Crippen molar-refractivity contribution in [2.45, 2.75) is 0 Å². The van der Waals surface area contributed by atoms with E-state index in [9.17, 15) is 10.1 Å². The van der Waals surface area contributed by atoms with Gasteiger partial charge in [-0.15, -0.1) is 0 Å². The summed E-state index contributed by atoms with van der Waals surface area (Å²) in [6.45, 7) is 4.54. The first kappa shape index (κ1) is 17.1. The molecule has 0 saturated carbocycles. The lowest BCUT2D eigenvalue weighted by Gasteiger charge is -2.60. The van der Waals surface area contributed by atoms with Crippen LogP contribution in [0.4, 0.5) is 5.69 Å². The summed E-state index contributed by atoms with van der Waals surface area (Å²) in [4.78, 5) is 15.9. The highest BCUT2D eigenvalue weighted by molar-refractivity contribution is 5.89. The van der Waals surface area contributed by atoms with Gasteiger partial charge in [-0.1, -0.05) is 18.7 Å². The predicted octanol–water partition coefficient (Wildman–Crippen LogP) is 3.11. The van der Waals surface area contributed by atoms with Crippen molar-refractivity contribution < 1.29 is 8.91 Å². The lowest BCUT2D eigenvalue weighted by molar-refractivity contribution is -0.139. The van der Waals surface area contributed by atoms with Gasteiger partial charge in [0, 0.05) is 77.5 Å². The van der Waals surface area contributed by atoms with Crippen LogP contribution in [-0.2, 0) is 11.8 Å². The summed E-state index contributed by atoms with van der Waals surface area (Å²) >= 11 is 0. The summed E-state index contributed by atoms with van der Waals surface area (Å²) in [6.07, 6.45) is 7.67. The van der Waals surface area contributed by atoms with E-state index in [-0.39, 0.29) is 11.3 Å². The van der Waals surface area contributed by atoms with Gasteiger partial charge in [-0.2, -0.15) is 15.5 Å². The minimum atomic E-state index is -2.37.